The molecule has 1 fully saturated rings. The summed E-state index contributed by atoms with van der Waals surface area (Å²) in [7, 11) is 1.55. The highest BCUT2D eigenvalue weighted by molar-refractivity contribution is 6.05. The monoisotopic (exact) mass is 480 g/mol. The van der Waals surface area contributed by atoms with Crippen LogP contribution in [0.4, 0.5) is 11.4 Å². The van der Waals surface area contributed by atoms with Crippen LogP contribution in [0.2, 0.25) is 0 Å². The van der Waals surface area contributed by atoms with E-state index in [1.807, 2.05) is 12.1 Å². The van der Waals surface area contributed by atoms with Gasteiger partial charge in [0.05, 0.1) is 18.7 Å². The van der Waals surface area contributed by atoms with E-state index < -0.39 is 0 Å². The number of carbonyl (C=O) groups excluding carboxylic acids is 3. The number of anilines is 2. The molecule has 1 unspecified atom stereocenters. The van der Waals surface area contributed by atoms with Gasteiger partial charge in [-0.25, -0.2) is 0 Å². The first kappa shape index (κ1) is 26.2. The Kier molecular flexibility index (Phi) is 10.1. The lowest BCUT2D eigenvalue weighted by Gasteiger charge is -2.31. The SMILES string of the molecule is CCCCNC(=O)C1CCCN(CCC(=O)Nc2ccc(C(=O)Nc3ccccc3OC)cc2)C1. The Bertz CT molecular complexity index is 993. The second-order valence-corrected chi connectivity index (χ2v) is 8.81. The molecule has 0 saturated carbocycles. The lowest BCUT2D eigenvalue weighted by Crippen LogP contribution is -2.44. The van der Waals surface area contributed by atoms with Crippen molar-refractivity contribution in [3.63, 3.8) is 0 Å². The van der Waals surface area contributed by atoms with E-state index in [9.17, 15) is 14.4 Å². The average Bonchev–Trinajstić information content (AvgIpc) is 2.88. The molecular weight excluding hydrogens is 444 g/mol. The van der Waals surface area contributed by atoms with E-state index in [1.54, 1.807) is 43.5 Å². The summed E-state index contributed by atoms with van der Waals surface area (Å²) in [6.45, 7) is 5.05. The number of para-hydroxylation sites is 2. The molecule has 8 nitrogen and oxygen atoms in total. The zero-order chi connectivity index (χ0) is 25.0. The van der Waals surface area contributed by atoms with Crippen molar-refractivity contribution in [3.8, 4) is 5.75 Å². The number of carbonyl (C=O) groups is 3. The largest absolute Gasteiger partial charge is 0.495 e. The molecule has 35 heavy (non-hydrogen) atoms. The van der Waals surface area contributed by atoms with Gasteiger partial charge in [0.25, 0.3) is 5.91 Å². The second-order valence-electron chi connectivity index (χ2n) is 8.81. The minimum absolute atomic E-state index is 0.00166. The minimum atomic E-state index is -0.259. The summed E-state index contributed by atoms with van der Waals surface area (Å²) in [5.41, 5.74) is 1.71. The maximum Gasteiger partial charge on any atom is 0.255 e. The van der Waals surface area contributed by atoms with Gasteiger partial charge in [0.1, 0.15) is 5.75 Å². The third kappa shape index (κ3) is 8.10. The maximum absolute atomic E-state index is 12.6. The first-order valence-electron chi connectivity index (χ1n) is 12.3. The molecule has 3 N–H and O–H groups in total. The fourth-order valence-corrected chi connectivity index (χ4v) is 4.14. The quantitative estimate of drug-likeness (QED) is 0.424. The Morgan fingerprint density at radius 2 is 1.83 bits per heavy atom. The number of likely N-dealkylation sites (tertiary alicyclic amines) is 1. The Hall–Kier alpha value is -3.39. The number of benzene rings is 2. The molecule has 0 aliphatic carbocycles. The number of unbranched alkanes of at least 4 members (excludes halogenated alkanes) is 1. The predicted molar refractivity (Wildman–Crippen MR) is 138 cm³/mol. The molecule has 1 aliphatic rings. The predicted octanol–water partition coefficient (Wildman–Crippen LogP) is 3.90. The Balaban J connectivity index is 1.44. The van der Waals surface area contributed by atoms with Crippen LogP contribution in [0.5, 0.6) is 5.75 Å². The zero-order valence-electron chi connectivity index (χ0n) is 20.6. The van der Waals surface area contributed by atoms with Crippen LogP contribution in [0.3, 0.4) is 0 Å². The normalized spacial score (nSPS) is 15.8. The number of piperidine rings is 1. The number of rotatable bonds is 11. The Morgan fingerprint density at radius 3 is 2.57 bits per heavy atom. The number of hydrogen-bond acceptors (Lipinski definition) is 5. The topological polar surface area (TPSA) is 99.8 Å². The third-order valence-electron chi connectivity index (χ3n) is 6.15. The van der Waals surface area contributed by atoms with Gasteiger partial charge >= 0.3 is 0 Å². The van der Waals surface area contributed by atoms with Gasteiger partial charge in [-0.1, -0.05) is 25.5 Å². The number of ether oxygens (including phenoxy) is 1. The van der Waals surface area contributed by atoms with Gasteiger partial charge < -0.3 is 25.6 Å². The van der Waals surface area contributed by atoms with Gasteiger partial charge in [-0.2, -0.15) is 0 Å². The van der Waals surface area contributed by atoms with Gasteiger partial charge in [-0.15, -0.1) is 0 Å². The van der Waals surface area contributed by atoms with Crippen LogP contribution in [0.1, 0.15) is 49.4 Å². The van der Waals surface area contributed by atoms with Gasteiger partial charge in [0.15, 0.2) is 0 Å². The smallest absolute Gasteiger partial charge is 0.255 e. The minimum Gasteiger partial charge on any atom is -0.495 e. The molecule has 2 aromatic rings. The number of nitrogens with zero attached hydrogens (tertiary/aromatic N) is 1. The van der Waals surface area contributed by atoms with Crippen LogP contribution >= 0.6 is 0 Å². The van der Waals surface area contributed by atoms with Crippen molar-refractivity contribution in [2.24, 2.45) is 5.92 Å². The van der Waals surface area contributed by atoms with Crippen molar-refractivity contribution in [3.05, 3.63) is 54.1 Å². The number of methoxy groups -OCH3 is 1. The second kappa shape index (κ2) is 13.5. The average molecular weight is 481 g/mol. The van der Waals surface area contributed by atoms with E-state index in [2.05, 4.69) is 27.8 Å². The third-order valence-corrected chi connectivity index (χ3v) is 6.15. The molecular formula is C27H36N4O4. The molecule has 0 bridgehead atoms. The summed E-state index contributed by atoms with van der Waals surface area (Å²) in [6, 6.07) is 14.0. The number of amides is 3. The van der Waals surface area contributed by atoms with Gasteiger partial charge in [-0.3, -0.25) is 14.4 Å². The van der Waals surface area contributed by atoms with E-state index in [0.717, 1.165) is 38.8 Å². The van der Waals surface area contributed by atoms with Crippen LogP contribution in [-0.4, -0.2) is 55.9 Å². The molecule has 1 atom stereocenters. The lowest BCUT2D eigenvalue weighted by atomic mass is 9.97. The first-order chi connectivity index (χ1) is 17.0. The molecule has 0 aromatic heterocycles. The molecule has 1 aliphatic heterocycles. The summed E-state index contributed by atoms with van der Waals surface area (Å²) in [5.74, 6) is 0.360. The summed E-state index contributed by atoms with van der Waals surface area (Å²) in [5, 5.41) is 8.75. The summed E-state index contributed by atoms with van der Waals surface area (Å²) < 4.78 is 5.26. The highest BCUT2D eigenvalue weighted by atomic mass is 16.5. The van der Waals surface area contributed by atoms with E-state index in [0.29, 0.717) is 42.2 Å². The maximum atomic E-state index is 12.6. The first-order valence-corrected chi connectivity index (χ1v) is 12.3. The van der Waals surface area contributed by atoms with Crippen molar-refractivity contribution >= 4 is 29.1 Å². The highest BCUT2D eigenvalue weighted by Crippen LogP contribution is 2.24. The fourth-order valence-electron chi connectivity index (χ4n) is 4.14. The molecule has 8 heteroatoms. The Labute approximate surface area is 207 Å². The molecule has 1 heterocycles. The molecule has 3 rings (SSSR count). The van der Waals surface area contributed by atoms with Crippen molar-refractivity contribution in [2.75, 3.05) is 43.9 Å². The van der Waals surface area contributed by atoms with Crippen molar-refractivity contribution < 1.29 is 19.1 Å². The standard InChI is InChI=1S/C27H36N4O4/c1-3-4-16-28-26(33)21-8-7-17-31(19-21)18-15-25(32)29-22-13-11-20(12-14-22)27(34)30-23-9-5-6-10-24(23)35-2/h5-6,9-14,21H,3-4,7-8,15-19H2,1-2H3,(H,28,33)(H,29,32)(H,30,34). The highest BCUT2D eigenvalue weighted by Gasteiger charge is 2.25. The van der Waals surface area contributed by atoms with Crippen LogP contribution < -0.4 is 20.7 Å². The van der Waals surface area contributed by atoms with E-state index >= 15 is 0 Å². The molecule has 0 radical (unpaired) electrons. The molecule has 2 aromatic carbocycles. The molecule has 1 saturated heterocycles. The van der Waals surface area contributed by atoms with Gasteiger partial charge in [0.2, 0.25) is 11.8 Å². The van der Waals surface area contributed by atoms with E-state index in [-0.39, 0.29) is 23.6 Å². The fraction of sp³-hybridized carbons (Fsp3) is 0.444. The van der Waals surface area contributed by atoms with Crippen molar-refractivity contribution in [1.82, 2.24) is 10.2 Å². The van der Waals surface area contributed by atoms with Crippen LogP contribution in [0.15, 0.2) is 48.5 Å². The lowest BCUT2D eigenvalue weighted by molar-refractivity contribution is -0.126. The summed E-state index contributed by atoms with van der Waals surface area (Å²) >= 11 is 0. The van der Waals surface area contributed by atoms with Crippen molar-refractivity contribution in [1.29, 1.82) is 0 Å². The van der Waals surface area contributed by atoms with Crippen LogP contribution in [0.25, 0.3) is 0 Å². The van der Waals surface area contributed by atoms with Crippen LogP contribution in [-0.2, 0) is 9.59 Å². The summed E-state index contributed by atoms with van der Waals surface area (Å²) in [4.78, 5) is 39.6. The zero-order valence-corrected chi connectivity index (χ0v) is 20.6. The number of nitrogens with one attached hydrogen (secondary N) is 3. The molecule has 0 spiro atoms. The van der Waals surface area contributed by atoms with Crippen molar-refractivity contribution in [2.45, 2.75) is 39.0 Å². The van der Waals surface area contributed by atoms with E-state index in [1.165, 1.54) is 0 Å². The van der Waals surface area contributed by atoms with E-state index in [4.69, 9.17) is 4.74 Å². The van der Waals surface area contributed by atoms with Gasteiger partial charge in [-0.05, 0) is 62.2 Å². The Morgan fingerprint density at radius 1 is 1.06 bits per heavy atom. The van der Waals surface area contributed by atoms with Crippen LogP contribution in [0, 0.1) is 5.92 Å². The number of hydrogen-bond donors (Lipinski definition) is 3. The molecule has 188 valence electrons. The molecule has 3 amide bonds. The summed E-state index contributed by atoms with van der Waals surface area (Å²) in [6.07, 6.45) is 4.27. The van der Waals surface area contributed by atoms with Gasteiger partial charge in [0, 0.05) is 37.3 Å².